The Labute approximate surface area is 111 Å². The molecule has 0 amide bonds. The fourth-order valence-electron chi connectivity index (χ4n) is 2.65. The van der Waals surface area contributed by atoms with E-state index >= 15 is 0 Å². The molecule has 0 spiro atoms. The zero-order valence-corrected chi connectivity index (χ0v) is 10.7. The van der Waals surface area contributed by atoms with Crippen molar-refractivity contribution in [3.05, 3.63) is 35.9 Å². The lowest BCUT2D eigenvalue weighted by molar-refractivity contribution is -0.158. The summed E-state index contributed by atoms with van der Waals surface area (Å²) in [4.78, 5) is 10.7. The van der Waals surface area contributed by atoms with Gasteiger partial charge < -0.3 is 4.74 Å². The van der Waals surface area contributed by atoms with Crippen molar-refractivity contribution < 1.29 is 18.3 Å². The summed E-state index contributed by atoms with van der Waals surface area (Å²) in [5.41, 5.74) is 1.34. The Kier molecular flexibility index (Phi) is 4.88. The number of alkyl halides is 2. The van der Waals surface area contributed by atoms with Crippen LogP contribution in [0.3, 0.4) is 0 Å². The van der Waals surface area contributed by atoms with Gasteiger partial charge in [-0.1, -0.05) is 30.3 Å². The minimum atomic E-state index is -3.01. The van der Waals surface area contributed by atoms with Crippen LogP contribution in [0.2, 0.25) is 0 Å². The van der Waals surface area contributed by atoms with Crippen molar-refractivity contribution in [2.45, 2.75) is 38.0 Å². The minimum Gasteiger partial charge on any atom is -0.461 e. The van der Waals surface area contributed by atoms with Crippen LogP contribution in [0.15, 0.2) is 30.3 Å². The molecule has 0 aliphatic heterocycles. The first-order valence-corrected chi connectivity index (χ1v) is 6.66. The predicted octanol–water partition coefficient (Wildman–Crippen LogP) is 3.77. The number of hydrogen-bond donors (Lipinski definition) is 0. The highest BCUT2D eigenvalue weighted by Crippen LogP contribution is 2.35. The molecule has 2 rings (SSSR count). The van der Waals surface area contributed by atoms with Crippen LogP contribution in [0.4, 0.5) is 8.78 Å². The van der Waals surface area contributed by atoms with Crippen molar-refractivity contribution in [2.24, 2.45) is 5.92 Å². The maximum atomic E-state index is 12.0. The second kappa shape index (κ2) is 6.64. The second-order valence-corrected chi connectivity index (χ2v) is 5.06. The molecule has 0 unspecified atom stereocenters. The van der Waals surface area contributed by atoms with Crippen LogP contribution >= 0.6 is 0 Å². The molecular formula is C15H18F2O2. The van der Waals surface area contributed by atoms with Gasteiger partial charge in [0.2, 0.25) is 0 Å². The molecule has 19 heavy (non-hydrogen) atoms. The Hall–Kier alpha value is -1.45. The van der Waals surface area contributed by atoms with Crippen molar-refractivity contribution in [3.8, 4) is 0 Å². The van der Waals surface area contributed by atoms with Gasteiger partial charge >= 0.3 is 12.4 Å². The van der Waals surface area contributed by atoms with Gasteiger partial charge in [0.25, 0.3) is 0 Å². The van der Waals surface area contributed by atoms with Gasteiger partial charge in [0.15, 0.2) is 0 Å². The van der Waals surface area contributed by atoms with E-state index in [9.17, 15) is 13.6 Å². The van der Waals surface area contributed by atoms with Gasteiger partial charge in [-0.05, 0) is 43.1 Å². The minimum absolute atomic E-state index is 0.130. The van der Waals surface area contributed by atoms with Gasteiger partial charge in [-0.15, -0.1) is 0 Å². The molecule has 2 nitrogen and oxygen atoms in total. The van der Waals surface area contributed by atoms with Gasteiger partial charge in [0.1, 0.15) is 0 Å². The Balaban J connectivity index is 1.75. The molecular weight excluding hydrogens is 250 g/mol. The third kappa shape index (κ3) is 4.01. The van der Waals surface area contributed by atoms with E-state index in [0.29, 0.717) is 5.92 Å². The number of ether oxygens (including phenoxy) is 1. The molecule has 0 aromatic heterocycles. The maximum absolute atomic E-state index is 12.0. The molecule has 0 saturated heterocycles. The molecule has 0 atom stereocenters. The van der Waals surface area contributed by atoms with E-state index in [-0.39, 0.29) is 12.5 Å². The number of rotatable bonds is 4. The summed E-state index contributed by atoms with van der Waals surface area (Å²) < 4.78 is 28.6. The van der Waals surface area contributed by atoms with E-state index in [1.165, 1.54) is 5.56 Å². The molecule has 104 valence electrons. The summed E-state index contributed by atoms with van der Waals surface area (Å²) in [6.45, 7) is 0.130. The van der Waals surface area contributed by atoms with Crippen molar-refractivity contribution in [1.29, 1.82) is 0 Å². The molecule has 1 aliphatic carbocycles. The fraction of sp³-hybridized carbons (Fsp3) is 0.533. The van der Waals surface area contributed by atoms with Gasteiger partial charge in [-0.2, -0.15) is 8.78 Å². The molecule has 0 N–H and O–H groups in total. The van der Waals surface area contributed by atoms with Crippen LogP contribution in [0.1, 0.15) is 37.2 Å². The quantitative estimate of drug-likeness (QED) is 0.777. The summed E-state index contributed by atoms with van der Waals surface area (Å²) in [6.07, 6.45) is 0.897. The van der Waals surface area contributed by atoms with Crippen LogP contribution < -0.4 is 0 Å². The Morgan fingerprint density at radius 2 is 1.79 bits per heavy atom. The molecule has 0 heterocycles. The first-order chi connectivity index (χ1) is 9.16. The highest BCUT2D eigenvalue weighted by Gasteiger charge is 2.24. The standard InChI is InChI=1S/C15H18F2O2/c16-14(17)15(18)19-10-11-6-8-13(9-7-11)12-4-2-1-3-5-12/h1-5,11,13-14H,6-10H2. The van der Waals surface area contributed by atoms with Gasteiger partial charge in [-0.3, -0.25) is 0 Å². The molecule has 0 radical (unpaired) electrons. The largest absolute Gasteiger partial charge is 0.461 e. The van der Waals surface area contributed by atoms with Crippen molar-refractivity contribution in [1.82, 2.24) is 0 Å². The average Bonchev–Trinajstić information content (AvgIpc) is 2.46. The number of halogens is 2. The van der Waals surface area contributed by atoms with E-state index < -0.39 is 12.4 Å². The number of benzene rings is 1. The Morgan fingerprint density at radius 3 is 2.37 bits per heavy atom. The van der Waals surface area contributed by atoms with Crippen LogP contribution in [0.5, 0.6) is 0 Å². The lowest BCUT2D eigenvalue weighted by Gasteiger charge is -2.28. The predicted molar refractivity (Wildman–Crippen MR) is 68.1 cm³/mol. The zero-order valence-electron chi connectivity index (χ0n) is 10.7. The van der Waals surface area contributed by atoms with Crippen molar-refractivity contribution >= 4 is 5.97 Å². The monoisotopic (exact) mass is 268 g/mol. The van der Waals surface area contributed by atoms with Crippen molar-refractivity contribution in [2.75, 3.05) is 6.61 Å². The van der Waals surface area contributed by atoms with Gasteiger partial charge in [-0.25, -0.2) is 4.79 Å². The van der Waals surface area contributed by atoms with E-state index in [1.54, 1.807) is 0 Å². The summed E-state index contributed by atoms with van der Waals surface area (Å²) in [5.74, 6) is -0.629. The first kappa shape index (κ1) is 14.0. The number of hydrogen-bond acceptors (Lipinski definition) is 2. The molecule has 4 heteroatoms. The average molecular weight is 268 g/mol. The molecule has 0 bridgehead atoms. The first-order valence-electron chi connectivity index (χ1n) is 6.66. The summed E-state index contributed by atoms with van der Waals surface area (Å²) >= 11 is 0. The van der Waals surface area contributed by atoms with E-state index in [2.05, 4.69) is 16.9 Å². The summed E-state index contributed by atoms with van der Waals surface area (Å²) in [5, 5.41) is 0. The molecule has 1 aliphatic rings. The topological polar surface area (TPSA) is 26.3 Å². The van der Waals surface area contributed by atoms with Crippen LogP contribution in [0.25, 0.3) is 0 Å². The van der Waals surface area contributed by atoms with E-state index in [0.717, 1.165) is 25.7 Å². The van der Waals surface area contributed by atoms with Crippen molar-refractivity contribution in [3.63, 3.8) is 0 Å². The normalized spacial score (nSPS) is 23.3. The number of esters is 1. The smallest absolute Gasteiger partial charge is 0.373 e. The Morgan fingerprint density at radius 1 is 1.16 bits per heavy atom. The van der Waals surface area contributed by atoms with Crippen LogP contribution in [-0.2, 0) is 9.53 Å². The van der Waals surface area contributed by atoms with Crippen LogP contribution in [0, 0.1) is 5.92 Å². The van der Waals surface area contributed by atoms with Gasteiger partial charge in [0, 0.05) is 0 Å². The van der Waals surface area contributed by atoms with E-state index in [1.807, 2.05) is 18.2 Å². The maximum Gasteiger partial charge on any atom is 0.373 e. The lowest BCUT2D eigenvalue weighted by atomic mass is 9.79. The third-order valence-electron chi connectivity index (χ3n) is 3.76. The molecule has 1 aromatic rings. The molecule has 1 saturated carbocycles. The third-order valence-corrected chi connectivity index (χ3v) is 3.76. The Bertz CT molecular complexity index is 398. The highest BCUT2D eigenvalue weighted by molar-refractivity contribution is 5.72. The lowest BCUT2D eigenvalue weighted by Crippen LogP contribution is -2.22. The molecule has 1 fully saturated rings. The SMILES string of the molecule is O=C(OCC1CCC(c2ccccc2)CC1)C(F)F. The second-order valence-electron chi connectivity index (χ2n) is 5.06. The molecule has 1 aromatic carbocycles. The number of carbonyl (C=O) groups is 1. The van der Waals surface area contributed by atoms with Gasteiger partial charge in [0.05, 0.1) is 6.61 Å². The fourth-order valence-corrected chi connectivity index (χ4v) is 2.65. The van der Waals surface area contributed by atoms with Crippen LogP contribution in [-0.4, -0.2) is 19.0 Å². The van der Waals surface area contributed by atoms with E-state index in [4.69, 9.17) is 0 Å². The summed E-state index contributed by atoms with van der Waals surface area (Å²) in [6, 6.07) is 10.3. The zero-order chi connectivity index (χ0) is 13.7. The highest BCUT2D eigenvalue weighted by atomic mass is 19.3. The summed E-state index contributed by atoms with van der Waals surface area (Å²) in [7, 11) is 0. The number of carbonyl (C=O) groups excluding carboxylic acids is 1.